The van der Waals surface area contributed by atoms with Crippen LogP contribution >= 0.6 is 11.8 Å². The Morgan fingerprint density at radius 3 is 2.78 bits per heavy atom. The van der Waals surface area contributed by atoms with Crippen LogP contribution in [0.15, 0.2) is 17.4 Å². The van der Waals surface area contributed by atoms with Crippen molar-refractivity contribution < 1.29 is 4.74 Å². The van der Waals surface area contributed by atoms with Gasteiger partial charge in [0.15, 0.2) is 5.82 Å². The monoisotopic (exact) mass is 267 g/mol. The van der Waals surface area contributed by atoms with Gasteiger partial charge in [0.2, 0.25) is 0 Å². The van der Waals surface area contributed by atoms with Crippen molar-refractivity contribution in [3.63, 3.8) is 0 Å². The van der Waals surface area contributed by atoms with Gasteiger partial charge in [0.1, 0.15) is 5.03 Å². The molecule has 1 aromatic rings. The molecule has 0 radical (unpaired) electrons. The highest BCUT2D eigenvalue weighted by Gasteiger charge is 2.12. The van der Waals surface area contributed by atoms with Gasteiger partial charge in [0.25, 0.3) is 0 Å². The van der Waals surface area contributed by atoms with Gasteiger partial charge in [-0.3, -0.25) is 0 Å². The number of ether oxygens (including phenoxy) is 1. The van der Waals surface area contributed by atoms with Crippen LogP contribution in [0.2, 0.25) is 0 Å². The minimum atomic E-state index is 0.548. The molecule has 0 saturated carbocycles. The normalized spacial score (nSPS) is 16.9. The standard InChI is InChI=1S/C13H21N3OS/c14-12-13(16-7-6-15-12)18-10-2-1-3-11-4-8-17-9-5-11/h6-7,11H,1-5,8-10H2,(H2,14,15). The van der Waals surface area contributed by atoms with E-state index in [2.05, 4.69) is 9.97 Å². The van der Waals surface area contributed by atoms with Gasteiger partial charge in [0.05, 0.1) is 0 Å². The number of rotatable bonds is 6. The van der Waals surface area contributed by atoms with E-state index in [0.29, 0.717) is 5.82 Å². The van der Waals surface area contributed by atoms with Crippen LogP contribution in [0, 0.1) is 5.92 Å². The first kappa shape index (κ1) is 13.6. The third-order valence-electron chi connectivity index (χ3n) is 3.28. The van der Waals surface area contributed by atoms with E-state index in [4.69, 9.17) is 10.5 Å². The topological polar surface area (TPSA) is 61.0 Å². The van der Waals surface area contributed by atoms with Crippen molar-refractivity contribution in [3.8, 4) is 0 Å². The number of unbranched alkanes of at least 4 members (excludes halogenated alkanes) is 1. The molecule has 1 fully saturated rings. The van der Waals surface area contributed by atoms with Crippen LogP contribution in [-0.4, -0.2) is 28.9 Å². The predicted octanol–water partition coefficient (Wildman–Crippen LogP) is 2.75. The van der Waals surface area contributed by atoms with Crippen molar-refractivity contribution in [1.82, 2.24) is 9.97 Å². The Labute approximate surface area is 113 Å². The van der Waals surface area contributed by atoms with E-state index < -0.39 is 0 Å². The minimum Gasteiger partial charge on any atom is -0.381 e. The summed E-state index contributed by atoms with van der Waals surface area (Å²) >= 11 is 1.71. The molecule has 18 heavy (non-hydrogen) atoms. The van der Waals surface area contributed by atoms with Crippen molar-refractivity contribution in [1.29, 1.82) is 0 Å². The molecule has 1 saturated heterocycles. The molecule has 1 aromatic heterocycles. The summed E-state index contributed by atoms with van der Waals surface area (Å²) in [6, 6.07) is 0. The molecule has 1 aliphatic rings. The van der Waals surface area contributed by atoms with Crippen LogP contribution in [0.4, 0.5) is 5.82 Å². The average Bonchev–Trinajstić information content (AvgIpc) is 2.42. The number of nitrogens with zero attached hydrogens (tertiary/aromatic N) is 2. The molecule has 1 aliphatic heterocycles. The highest BCUT2D eigenvalue weighted by atomic mass is 32.2. The Hall–Kier alpha value is -0.810. The maximum Gasteiger partial charge on any atom is 0.156 e. The molecular formula is C13H21N3OS. The summed E-state index contributed by atoms with van der Waals surface area (Å²) in [7, 11) is 0. The highest BCUT2D eigenvalue weighted by Crippen LogP contribution is 2.24. The predicted molar refractivity (Wildman–Crippen MR) is 74.6 cm³/mol. The van der Waals surface area contributed by atoms with Crippen LogP contribution in [0.1, 0.15) is 32.1 Å². The summed E-state index contributed by atoms with van der Waals surface area (Å²) in [5.41, 5.74) is 5.74. The summed E-state index contributed by atoms with van der Waals surface area (Å²) in [5, 5.41) is 0.864. The van der Waals surface area contributed by atoms with Crippen molar-refractivity contribution >= 4 is 17.6 Å². The molecule has 100 valence electrons. The number of nitrogens with two attached hydrogens (primary N) is 1. The van der Waals surface area contributed by atoms with E-state index in [1.807, 2.05) is 0 Å². The fourth-order valence-corrected chi connectivity index (χ4v) is 3.06. The van der Waals surface area contributed by atoms with Gasteiger partial charge in [-0.2, -0.15) is 0 Å². The summed E-state index contributed by atoms with van der Waals surface area (Å²) in [6.07, 6.45) is 9.65. The lowest BCUT2D eigenvalue weighted by Crippen LogP contribution is -2.15. The Morgan fingerprint density at radius 2 is 2.00 bits per heavy atom. The Kier molecular flexibility index (Phi) is 5.74. The molecule has 4 nitrogen and oxygen atoms in total. The molecular weight excluding hydrogens is 246 g/mol. The van der Waals surface area contributed by atoms with Crippen LogP contribution < -0.4 is 5.73 Å². The van der Waals surface area contributed by atoms with E-state index in [9.17, 15) is 0 Å². The zero-order valence-electron chi connectivity index (χ0n) is 10.7. The van der Waals surface area contributed by atoms with Crippen molar-refractivity contribution in [2.24, 2.45) is 5.92 Å². The van der Waals surface area contributed by atoms with Crippen LogP contribution in [0.25, 0.3) is 0 Å². The van der Waals surface area contributed by atoms with E-state index in [1.165, 1.54) is 32.1 Å². The zero-order valence-corrected chi connectivity index (χ0v) is 11.5. The molecule has 0 aliphatic carbocycles. The second-order valence-corrected chi connectivity index (χ2v) is 5.73. The lowest BCUT2D eigenvalue weighted by Gasteiger charge is -2.21. The van der Waals surface area contributed by atoms with E-state index in [-0.39, 0.29) is 0 Å². The average molecular weight is 267 g/mol. The molecule has 0 spiro atoms. The fourth-order valence-electron chi connectivity index (χ4n) is 2.19. The van der Waals surface area contributed by atoms with Gasteiger partial charge < -0.3 is 10.5 Å². The zero-order chi connectivity index (χ0) is 12.6. The fraction of sp³-hybridized carbons (Fsp3) is 0.692. The van der Waals surface area contributed by atoms with Gasteiger partial charge in [-0.05, 0) is 30.9 Å². The number of nitrogen functional groups attached to an aromatic ring is 1. The maximum atomic E-state index is 5.74. The molecule has 2 rings (SSSR count). The van der Waals surface area contributed by atoms with Gasteiger partial charge in [-0.1, -0.05) is 12.8 Å². The first-order valence-electron chi connectivity index (χ1n) is 6.63. The Morgan fingerprint density at radius 1 is 1.22 bits per heavy atom. The Balaban J connectivity index is 1.57. The smallest absolute Gasteiger partial charge is 0.156 e. The second kappa shape index (κ2) is 7.59. The largest absolute Gasteiger partial charge is 0.381 e. The summed E-state index contributed by atoms with van der Waals surface area (Å²) < 4.78 is 5.36. The molecule has 5 heteroatoms. The molecule has 0 amide bonds. The molecule has 2 N–H and O–H groups in total. The first-order valence-corrected chi connectivity index (χ1v) is 7.62. The number of aromatic nitrogens is 2. The Bertz CT molecular complexity index is 356. The highest BCUT2D eigenvalue weighted by molar-refractivity contribution is 7.99. The third-order valence-corrected chi connectivity index (χ3v) is 4.36. The molecule has 2 heterocycles. The summed E-state index contributed by atoms with van der Waals surface area (Å²) in [6.45, 7) is 1.91. The van der Waals surface area contributed by atoms with Crippen molar-refractivity contribution in [2.45, 2.75) is 37.1 Å². The van der Waals surface area contributed by atoms with Crippen LogP contribution in [0.3, 0.4) is 0 Å². The van der Waals surface area contributed by atoms with Crippen LogP contribution in [-0.2, 0) is 4.74 Å². The maximum absolute atomic E-state index is 5.74. The summed E-state index contributed by atoms with van der Waals surface area (Å²) in [5.74, 6) is 2.50. The minimum absolute atomic E-state index is 0.548. The van der Waals surface area contributed by atoms with Gasteiger partial charge in [0, 0.05) is 25.6 Å². The molecule has 0 unspecified atom stereocenters. The number of thioether (sulfide) groups is 1. The summed E-state index contributed by atoms with van der Waals surface area (Å²) in [4.78, 5) is 8.26. The number of hydrogen-bond donors (Lipinski definition) is 1. The van der Waals surface area contributed by atoms with Gasteiger partial charge in [-0.25, -0.2) is 9.97 Å². The van der Waals surface area contributed by atoms with E-state index >= 15 is 0 Å². The third kappa shape index (κ3) is 4.46. The van der Waals surface area contributed by atoms with E-state index in [0.717, 1.165) is 29.9 Å². The SMILES string of the molecule is Nc1nccnc1SCCCCC1CCOCC1. The van der Waals surface area contributed by atoms with Crippen molar-refractivity contribution in [3.05, 3.63) is 12.4 Å². The number of hydrogen-bond acceptors (Lipinski definition) is 5. The molecule has 0 bridgehead atoms. The second-order valence-electron chi connectivity index (χ2n) is 4.65. The van der Waals surface area contributed by atoms with Crippen LogP contribution in [0.5, 0.6) is 0 Å². The molecule has 0 aromatic carbocycles. The number of anilines is 1. The van der Waals surface area contributed by atoms with Gasteiger partial charge >= 0.3 is 0 Å². The van der Waals surface area contributed by atoms with E-state index in [1.54, 1.807) is 24.2 Å². The molecule has 0 atom stereocenters. The van der Waals surface area contributed by atoms with Gasteiger partial charge in [-0.15, -0.1) is 11.8 Å². The lowest BCUT2D eigenvalue weighted by atomic mass is 9.94. The first-order chi connectivity index (χ1) is 8.86. The quantitative estimate of drug-likeness (QED) is 0.634. The lowest BCUT2D eigenvalue weighted by molar-refractivity contribution is 0.0633. The van der Waals surface area contributed by atoms with Crippen molar-refractivity contribution in [2.75, 3.05) is 24.7 Å².